The van der Waals surface area contributed by atoms with Crippen LogP contribution < -0.4 is 0 Å². The fraction of sp³-hybridized carbons (Fsp3) is 0.562. The van der Waals surface area contributed by atoms with E-state index in [-0.39, 0.29) is 0 Å². The van der Waals surface area contributed by atoms with E-state index in [9.17, 15) is 0 Å². The van der Waals surface area contributed by atoms with Crippen molar-refractivity contribution in [3.63, 3.8) is 0 Å². The quantitative estimate of drug-likeness (QED) is 0.807. The van der Waals surface area contributed by atoms with E-state index in [1.54, 1.807) is 0 Å². The first-order valence-corrected chi connectivity index (χ1v) is 7.04. The third kappa shape index (κ3) is 3.34. The van der Waals surface area contributed by atoms with Gasteiger partial charge in [-0.05, 0) is 43.5 Å². The van der Waals surface area contributed by atoms with Gasteiger partial charge in [-0.1, -0.05) is 38.0 Å². The van der Waals surface area contributed by atoms with Crippen LogP contribution in [0.15, 0.2) is 24.3 Å². The Morgan fingerprint density at radius 1 is 1.28 bits per heavy atom. The molecule has 1 saturated heterocycles. The number of piperidine rings is 1. The van der Waals surface area contributed by atoms with Crippen LogP contribution in [-0.2, 0) is 6.54 Å². The maximum Gasteiger partial charge on any atom is 0.0995 e. The molecule has 2 nitrogen and oxygen atoms in total. The first-order chi connectivity index (χ1) is 8.83. The zero-order chi connectivity index (χ0) is 12.8. The number of hydrogen-bond acceptors (Lipinski definition) is 2. The summed E-state index contributed by atoms with van der Waals surface area (Å²) in [5.41, 5.74) is 2.00. The van der Waals surface area contributed by atoms with Gasteiger partial charge in [0.25, 0.3) is 0 Å². The molecule has 1 aliphatic heterocycles. The number of rotatable bonds is 4. The summed E-state index contributed by atoms with van der Waals surface area (Å²) < 4.78 is 0. The van der Waals surface area contributed by atoms with E-state index in [1.165, 1.54) is 44.3 Å². The molecule has 0 unspecified atom stereocenters. The van der Waals surface area contributed by atoms with Crippen molar-refractivity contribution < 1.29 is 0 Å². The van der Waals surface area contributed by atoms with Gasteiger partial charge in [-0.3, -0.25) is 4.90 Å². The van der Waals surface area contributed by atoms with Gasteiger partial charge in [0, 0.05) is 6.54 Å². The summed E-state index contributed by atoms with van der Waals surface area (Å²) in [7, 11) is 0. The van der Waals surface area contributed by atoms with Crippen LogP contribution >= 0.6 is 0 Å². The lowest BCUT2D eigenvalue weighted by Crippen LogP contribution is -2.33. The zero-order valence-electron chi connectivity index (χ0n) is 11.2. The average molecular weight is 242 g/mol. The highest BCUT2D eigenvalue weighted by atomic mass is 15.1. The summed E-state index contributed by atoms with van der Waals surface area (Å²) in [4.78, 5) is 2.49. The normalized spacial score (nSPS) is 17.6. The van der Waals surface area contributed by atoms with Gasteiger partial charge in [0.05, 0.1) is 11.6 Å². The van der Waals surface area contributed by atoms with Crippen LogP contribution in [0, 0.1) is 17.2 Å². The van der Waals surface area contributed by atoms with Crippen LogP contribution in [0.3, 0.4) is 0 Å². The Hall–Kier alpha value is -1.33. The highest BCUT2D eigenvalue weighted by molar-refractivity contribution is 5.37. The monoisotopic (exact) mass is 242 g/mol. The second-order valence-electron chi connectivity index (χ2n) is 5.28. The van der Waals surface area contributed by atoms with Crippen LogP contribution in [0.1, 0.15) is 43.7 Å². The van der Waals surface area contributed by atoms with Gasteiger partial charge in [0.1, 0.15) is 0 Å². The molecule has 0 aliphatic carbocycles. The number of nitrogens with zero attached hydrogens (tertiary/aromatic N) is 2. The van der Waals surface area contributed by atoms with Crippen molar-refractivity contribution in [1.29, 1.82) is 5.26 Å². The Morgan fingerprint density at radius 2 is 2.00 bits per heavy atom. The van der Waals surface area contributed by atoms with Gasteiger partial charge in [-0.25, -0.2) is 0 Å². The number of benzene rings is 1. The van der Waals surface area contributed by atoms with Crippen molar-refractivity contribution in [2.45, 2.75) is 39.2 Å². The molecular formula is C16H22N2. The molecule has 0 N–H and O–H groups in total. The molecule has 2 heteroatoms. The first kappa shape index (κ1) is 13.1. The van der Waals surface area contributed by atoms with Gasteiger partial charge in [0.2, 0.25) is 0 Å². The van der Waals surface area contributed by atoms with Crippen LogP contribution in [0.4, 0.5) is 0 Å². The second-order valence-corrected chi connectivity index (χ2v) is 5.28. The summed E-state index contributed by atoms with van der Waals surface area (Å²) in [5, 5.41) is 9.09. The molecule has 1 aromatic rings. The van der Waals surface area contributed by atoms with E-state index < -0.39 is 0 Å². The van der Waals surface area contributed by atoms with Gasteiger partial charge in [-0.2, -0.15) is 5.26 Å². The molecule has 0 aromatic heterocycles. The van der Waals surface area contributed by atoms with E-state index in [0.29, 0.717) is 0 Å². The van der Waals surface area contributed by atoms with Crippen LogP contribution in [0.25, 0.3) is 0 Å². The van der Waals surface area contributed by atoms with E-state index in [0.717, 1.165) is 18.0 Å². The molecule has 0 atom stereocenters. The highest BCUT2D eigenvalue weighted by Gasteiger charge is 2.18. The van der Waals surface area contributed by atoms with Gasteiger partial charge >= 0.3 is 0 Å². The Morgan fingerprint density at radius 3 is 2.67 bits per heavy atom. The average Bonchev–Trinajstić information content (AvgIpc) is 2.42. The van der Waals surface area contributed by atoms with E-state index in [4.69, 9.17) is 5.26 Å². The van der Waals surface area contributed by atoms with Crippen LogP contribution in [-0.4, -0.2) is 18.0 Å². The summed E-state index contributed by atoms with van der Waals surface area (Å²) in [5.74, 6) is 0.928. The highest BCUT2D eigenvalue weighted by Crippen LogP contribution is 2.23. The molecular weight excluding hydrogens is 220 g/mol. The Kier molecular flexibility index (Phi) is 4.78. The molecule has 1 aliphatic rings. The topological polar surface area (TPSA) is 27.0 Å². The molecule has 1 fully saturated rings. The Bertz CT molecular complexity index is 411. The van der Waals surface area contributed by atoms with Gasteiger partial charge in [-0.15, -0.1) is 0 Å². The summed E-state index contributed by atoms with van der Waals surface area (Å²) in [6.07, 6.45) is 5.33. The largest absolute Gasteiger partial charge is 0.299 e. The molecule has 96 valence electrons. The predicted octanol–water partition coefficient (Wildman–Crippen LogP) is 3.57. The van der Waals surface area contributed by atoms with E-state index >= 15 is 0 Å². The summed E-state index contributed by atoms with van der Waals surface area (Å²) >= 11 is 0. The first-order valence-electron chi connectivity index (χ1n) is 7.04. The number of likely N-dealkylation sites (tertiary alicyclic amines) is 1. The third-order valence-corrected chi connectivity index (χ3v) is 3.94. The Labute approximate surface area is 110 Å². The minimum Gasteiger partial charge on any atom is -0.299 e. The lowest BCUT2D eigenvalue weighted by Gasteiger charge is -2.32. The van der Waals surface area contributed by atoms with Crippen molar-refractivity contribution >= 4 is 0 Å². The van der Waals surface area contributed by atoms with Crippen LogP contribution in [0.5, 0.6) is 0 Å². The lowest BCUT2D eigenvalue weighted by molar-refractivity contribution is 0.171. The molecule has 0 saturated carbocycles. The van der Waals surface area contributed by atoms with Crippen molar-refractivity contribution in [3.8, 4) is 6.07 Å². The van der Waals surface area contributed by atoms with E-state index in [1.807, 2.05) is 18.2 Å². The van der Waals surface area contributed by atoms with Gasteiger partial charge in [0.15, 0.2) is 0 Å². The third-order valence-electron chi connectivity index (χ3n) is 3.94. The number of nitriles is 1. The summed E-state index contributed by atoms with van der Waals surface area (Å²) in [6, 6.07) is 10.3. The predicted molar refractivity (Wildman–Crippen MR) is 74.1 cm³/mol. The van der Waals surface area contributed by atoms with Crippen molar-refractivity contribution in [2.75, 3.05) is 13.1 Å². The molecule has 0 bridgehead atoms. The van der Waals surface area contributed by atoms with Crippen molar-refractivity contribution in [2.24, 2.45) is 5.92 Å². The molecule has 18 heavy (non-hydrogen) atoms. The standard InChI is InChI=1S/C16H22N2/c1-2-5-14-8-10-18(11-9-14)13-16-7-4-3-6-15(16)12-17/h3-4,6-7,14H,2,5,8-11,13H2,1H3. The lowest BCUT2D eigenvalue weighted by atomic mass is 9.92. The second kappa shape index (κ2) is 6.56. The molecule has 2 rings (SSSR count). The molecule has 1 aromatic carbocycles. The molecule has 0 amide bonds. The van der Waals surface area contributed by atoms with Crippen molar-refractivity contribution in [3.05, 3.63) is 35.4 Å². The van der Waals surface area contributed by atoms with Gasteiger partial charge < -0.3 is 0 Å². The minimum absolute atomic E-state index is 0.827. The van der Waals surface area contributed by atoms with Crippen LogP contribution in [0.2, 0.25) is 0 Å². The fourth-order valence-corrected chi connectivity index (χ4v) is 2.85. The maximum atomic E-state index is 9.09. The fourth-order valence-electron chi connectivity index (χ4n) is 2.85. The summed E-state index contributed by atoms with van der Waals surface area (Å²) in [6.45, 7) is 5.58. The zero-order valence-corrected chi connectivity index (χ0v) is 11.2. The smallest absolute Gasteiger partial charge is 0.0995 e. The maximum absolute atomic E-state index is 9.09. The van der Waals surface area contributed by atoms with Crippen molar-refractivity contribution in [1.82, 2.24) is 4.90 Å². The molecule has 1 heterocycles. The number of hydrogen-bond donors (Lipinski definition) is 0. The van der Waals surface area contributed by atoms with E-state index in [2.05, 4.69) is 24.0 Å². The Balaban J connectivity index is 1.90. The SMILES string of the molecule is CCCC1CCN(Cc2ccccc2C#N)CC1. The minimum atomic E-state index is 0.827. The molecule has 0 spiro atoms. The molecule has 0 radical (unpaired) electrons.